The summed E-state index contributed by atoms with van der Waals surface area (Å²) in [5.74, 6) is -3.99. The van der Waals surface area contributed by atoms with Gasteiger partial charge >= 0.3 is 12.1 Å². The van der Waals surface area contributed by atoms with Gasteiger partial charge in [0.15, 0.2) is 0 Å². The van der Waals surface area contributed by atoms with Crippen LogP contribution in [0, 0.1) is 11.3 Å². The third-order valence-electron chi connectivity index (χ3n) is 4.11. The Kier molecular flexibility index (Phi) is 6.68. The van der Waals surface area contributed by atoms with E-state index in [2.05, 4.69) is 0 Å². The highest BCUT2D eigenvalue weighted by atomic mass is 19.4. The van der Waals surface area contributed by atoms with Gasteiger partial charge in [0.2, 0.25) is 0 Å². The van der Waals surface area contributed by atoms with Crippen molar-refractivity contribution in [1.82, 2.24) is 0 Å². The first kappa shape index (κ1) is 19.5. The standard InChI is InChI=1S/C16H23F3O4/c1-3-5-6-7-12(16(17,18)19)15(14(21)22)9-8-11(20)10-13(15)23-4-2/h8-10,12-13,20H,3-7H2,1-2H3,(H,21,22)/t12?,13-,15-/m0/s1. The lowest BCUT2D eigenvalue weighted by molar-refractivity contribution is -0.223. The lowest BCUT2D eigenvalue weighted by Crippen LogP contribution is -2.53. The molecule has 1 unspecified atom stereocenters. The molecule has 0 bridgehead atoms. The molecular weight excluding hydrogens is 313 g/mol. The first-order valence-corrected chi connectivity index (χ1v) is 7.71. The molecule has 1 rings (SSSR count). The van der Waals surface area contributed by atoms with Crippen molar-refractivity contribution in [2.75, 3.05) is 6.61 Å². The van der Waals surface area contributed by atoms with E-state index in [4.69, 9.17) is 4.74 Å². The molecule has 132 valence electrons. The molecule has 0 saturated heterocycles. The van der Waals surface area contributed by atoms with Gasteiger partial charge in [-0.05, 0) is 25.5 Å². The Balaban J connectivity index is 3.32. The van der Waals surface area contributed by atoms with Crippen LogP contribution in [0.1, 0.15) is 39.5 Å². The quantitative estimate of drug-likeness (QED) is 0.651. The number of ether oxygens (including phenoxy) is 1. The summed E-state index contributed by atoms with van der Waals surface area (Å²) in [7, 11) is 0. The van der Waals surface area contributed by atoms with Crippen LogP contribution < -0.4 is 0 Å². The highest BCUT2D eigenvalue weighted by Gasteiger charge is 2.60. The zero-order valence-corrected chi connectivity index (χ0v) is 13.3. The molecule has 7 heteroatoms. The van der Waals surface area contributed by atoms with Gasteiger partial charge in [0.1, 0.15) is 11.2 Å². The Hall–Kier alpha value is -1.50. The van der Waals surface area contributed by atoms with Crippen LogP contribution in [-0.2, 0) is 9.53 Å². The summed E-state index contributed by atoms with van der Waals surface area (Å²) < 4.78 is 46.1. The summed E-state index contributed by atoms with van der Waals surface area (Å²) in [6, 6.07) is 0. The Bertz CT molecular complexity index is 470. The summed E-state index contributed by atoms with van der Waals surface area (Å²) in [6.07, 6.45) is -1.80. The van der Waals surface area contributed by atoms with Crippen molar-refractivity contribution in [2.45, 2.75) is 51.8 Å². The fourth-order valence-corrected chi connectivity index (χ4v) is 2.96. The smallest absolute Gasteiger partial charge is 0.393 e. The molecule has 0 saturated carbocycles. The van der Waals surface area contributed by atoms with E-state index >= 15 is 0 Å². The second-order valence-electron chi connectivity index (χ2n) is 5.63. The SMILES string of the molecule is CCCCCC(C(F)(F)F)[C@@]1(C(=O)O)C=CC(O)=C[C@@H]1OCC. The van der Waals surface area contributed by atoms with Crippen LogP contribution in [0.3, 0.4) is 0 Å². The lowest BCUT2D eigenvalue weighted by atomic mass is 9.66. The highest BCUT2D eigenvalue weighted by Crippen LogP contribution is 2.49. The van der Waals surface area contributed by atoms with E-state index in [1.54, 1.807) is 6.92 Å². The van der Waals surface area contributed by atoms with Crippen molar-refractivity contribution in [3.8, 4) is 0 Å². The van der Waals surface area contributed by atoms with Crippen molar-refractivity contribution in [3.63, 3.8) is 0 Å². The molecule has 0 aliphatic heterocycles. The maximum absolute atomic E-state index is 13.6. The molecule has 0 radical (unpaired) electrons. The molecule has 0 fully saturated rings. The van der Waals surface area contributed by atoms with Crippen molar-refractivity contribution >= 4 is 5.97 Å². The number of alkyl halides is 3. The van der Waals surface area contributed by atoms with Crippen LogP contribution in [0.2, 0.25) is 0 Å². The zero-order valence-electron chi connectivity index (χ0n) is 13.3. The topological polar surface area (TPSA) is 66.8 Å². The summed E-state index contributed by atoms with van der Waals surface area (Å²) in [5.41, 5.74) is -2.27. The first-order valence-electron chi connectivity index (χ1n) is 7.71. The van der Waals surface area contributed by atoms with Gasteiger partial charge in [-0.15, -0.1) is 0 Å². The van der Waals surface area contributed by atoms with E-state index in [0.29, 0.717) is 6.42 Å². The van der Waals surface area contributed by atoms with Gasteiger partial charge in [0.05, 0.1) is 12.0 Å². The third kappa shape index (κ3) is 4.28. The summed E-state index contributed by atoms with van der Waals surface area (Å²) in [4.78, 5) is 11.8. The lowest BCUT2D eigenvalue weighted by Gasteiger charge is -2.41. The van der Waals surface area contributed by atoms with E-state index in [1.807, 2.05) is 6.92 Å². The van der Waals surface area contributed by atoms with Crippen molar-refractivity contribution in [2.24, 2.45) is 11.3 Å². The number of unbranched alkanes of at least 4 members (excludes halogenated alkanes) is 2. The molecule has 0 aromatic carbocycles. The number of carboxylic acids is 1. The molecule has 1 aliphatic carbocycles. The molecule has 23 heavy (non-hydrogen) atoms. The third-order valence-corrected chi connectivity index (χ3v) is 4.11. The minimum absolute atomic E-state index is 0.0385. The summed E-state index contributed by atoms with van der Waals surface area (Å²) in [6.45, 7) is 3.46. The van der Waals surface area contributed by atoms with Crippen LogP contribution in [0.4, 0.5) is 13.2 Å². The van der Waals surface area contributed by atoms with Crippen LogP contribution >= 0.6 is 0 Å². The normalized spacial score (nSPS) is 26.0. The number of rotatable bonds is 8. The number of carbonyl (C=O) groups is 1. The number of allylic oxidation sites excluding steroid dienone is 1. The second-order valence-corrected chi connectivity index (χ2v) is 5.63. The maximum Gasteiger partial charge on any atom is 0.393 e. The van der Waals surface area contributed by atoms with Crippen LogP contribution in [0.5, 0.6) is 0 Å². The largest absolute Gasteiger partial charge is 0.508 e. The van der Waals surface area contributed by atoms with Gasteiger partial charge in [-0.3, -0.25) is 4.79 Å². The fraction of sp³-hybridized carbons (Fsp3) is 0.688. The summed E-state index contributed by atoms with van der Waals surface area (Å²) in [5, 5.41) is 19.2. The fourth-order valence-electron chi connectivity index (χ4n) is 2.96. The van der Waals surface area contributed by atoms with Gasteiger partial charge in [0, 0.05) is 6.61 Å². The molecule has 2 N–H and O–H groups in total. The second kappa shape index (κ2) is 7.86. The minimum Gasteiger partial charge on any atom is -0.508 e. The first-order chi connectivity index (χ1) is 10.7. The van der Waals surface area contributed by atoms with Crippen LogP contribution in [0.15, 0.2) is 24.0 Å². The monoisotopic (exact) mass is 336 g/mol. The number of hydrogen-bond acceptors (Lipinski definition) is 3. The van der Waals surface area contributed by atoms with Crippen molar-refractivity contribution < 1.29 is 32.9 Å². The number of carboxylic acid groups (broad SMARTS) is 1. The number of aliphatic hydroxyl groups excluding tert-OH is 1. The number of halogens is 3. The van der Waals surface area contributed by atoms with Gasteiger partial charge in [0.25, 0.3) is 0 Å². The van der Waals surface area contributed by atoms with Crippen LogP contribution in [-0.4, -0.2) is 35.1 Å². The Morgan fingerprint density at radius 2 is 2.04 bits per heavy atom. The van der Waals surface area contributed by atoms with E-state index in [0.717, 1.165) is 24.6 Å². The molecule has 0 heterocycles. The minimum atomic E-state index is -4.69. The summed E-state index contributed by atoms with van der Waals surface area (Å²) >= 11 is 0. The zero-order chi connectivity index (χ0) is 17.7. The number of hydrogen-bond donors (Lipinski definition) is 2. The average molecular weight is 336 g/mol. The van der Waals surface area contributed by atoms with E-state index in [-0.39, 0.29) is 25.2 Å². The predicted molar refractivity (Wildman–Crippen MR) is 79.0 cm³/mol. The molecule has 0 spiro atoms. The molecule has 3 atom stereocenters. The van der Waals surface area contributed by atoms with Gasteiger partial charge < -0.3 is 14.9 Å². The Morgan fingerprint density at radius 3 is 2.52 bits per heavy atom. The van der Waals surface area contributed by atoms with Crippen molar-refractivity contribution in [3.05, 3.63) is 24.0 Å². The molecular formula is C16H23F3O4. The van der Waals surface area contributed by atoms with E-state index in [9.17, 15) is 28.2 Å². The predicted octanol–water partition coefficient (Wildman–Crippen LogP) is 4.23. The highest BCUT2D eigenvalue weighted by molar-refractivity contribution is 5.80. The van der Waals surface area contributed by atoms with E-state index in [1.165, 1.54) is 0 Å². The molecule has 4 nitrogen and oxygen atoms in total. The maximum atomic E-state index is 13.6. The Morgan fingerprint density at radius 1 is 1.39 bits per heavy atom. The number of aliphatic carboxylic acids is 1. The molecule has 0 aromatic rings. The van der Waals surface area contributed by atoms with Gasteiger partial charge in [-0.1, -0.05) is 32.3 Å². The van der Waals surface area contributed by atoms with Crippen molar-refractivity contribution in [1.29, 1.82) is 0 Å². The van der Waals surface area contributed by atoms with Gasteiger partial charge in [-0.25, -0.2) is 0 Å². The average Bonchev–Trinajstić information content (AvgIpc) is 2.44. The molecule has 0 amide bonds. The number of aliphatic hydroxyl groups is 1. The molecule has 0 aromatic heterocycles. The molecule has 1 aliphatic rings. The van der Waals surface area contributed by atoms with Gasteiger partial charge in [-0.2, -0.15) is 13.2 Å². The Labute approximate surface area is 133 Å². The van der Waals surface area contributed by atoms with Crippen LogP contribution in [0.25, 0.3) is 0 Å². The van der Waals surface area contributed by atoms with E-state index < -0.39 is 29.6 Å².